The van der Waals surface area contributed by atoms with Crippen LogP contribution in [0.1, 0.15) is 39.5 Å². The predicted octanol–water partition coefficient (Wildman–Crippen LogP) is 1.86. The smallest absolute Gasteiger partial charge is 0.0724 e. The number of nitrogens with zero attached hydrogens (tertiary/aromatic N) is 1. The molecule has 0 bridgehead atoms. The Labute approximate surface area is 100 Å². The van der Waals surface area contributed by atoms with Gasteiger partial charge in [0.25, 0.3) is 0 Å². The van der Waals surface area contributed by atoms with Gasteiger partial charge in [0.1, 0.15) is 0 Å². The molecule has 1 saturated heterocycles. The van der Waals surface area contributed by atoms with E-state index in [1.54, 1.807) is 0 Å². The number of hydrogen-bond donors (Lipinski definition) is 1. The van der Waals surface area contributed by atoms with Crippen LogP contribution in [0.3, 0.4) is 0 Å². The average Bonchev–Trinajstić information content (AvgIpc) is 2.28. The second kappa shape index (κ2) is 7.25. The highest BCUT2D eigenvalue weighted by atomic mass is 16.5. The van der Waals surface area contributed by atoms with Gasteiger partial charge >= 0.3 is 0 Å². The first kappa shape index (κ1) is 13.9. The molecule has 0 spiro atoms. The number of nitrogens with two attached hydrogens (primary N) is 1. The maximum atomic E-state index is 6.04. The lowest BCUT2D eigenvalue weighted by Crippen LogP contribution is -2.45. The van der Waals surface area contributed by atoms with E-state index in [0.29, 0.717) is 18.1 Å². The zero-order valence-corrected chi connectivity index (χ0v) is 11.1. The van der Waals surface area contributed by atoms with Crippen LogP contribution in [0.25, 0.3) is 0 Å². The van der Waals surface area contributed by atoms with E-state index in [1.165, 1.54) is 19.4 Å². The number of likely N-dealkylation sites (tertiary alicyclic amines) is 1. The van der Waals surface area contributed by atoms with Crippen LogP contribution in [0.2, 0.25) is 0 Å². The van der Waals surface area contributed by atoms with Crippen molar-refractivity contribution < 1.29 is 4.74 Å². The normalized spacial score (nSPS) is 29.2. The third kappa shape index (κ3) is 4.40. The molecule has 96 valence electrons. The van der Waals surface area contributed by atoms with Gasteiger partial charge in [-0.05, 0) is 38.3 Å². The topological polar surface area (TPSA) is 38.5 Å². The number of hydrogen-bond acceptors (Lipinski definition) is 3. The van der Waals surface area contributed by atoms with E-state index in [4.69, 9.17) is 10.5 Å². The lowest BCUT2D eigenvalue weighted by Gasteiger charge is -2.36. The Bertz CT molecular complexity index is 187. The minimum absolute atomic E-state index is 0.380. The molecule has 3 atom stereocenters. The minimum atomic E-state index is 0.380. The summed E-state index contributed by atoms with van der Waals surface area (Å²) in [6.07, 6.45) is 5.13. The van der Waals surface area contributed by atoms with Crippen molar-refractivity contribution >= 4 is 0 Å². The first-order chi connectivity index (χ1) is 7.67. The van der Waals surface area contributed by atoms with Crippen molar-refractivity contribution in [2.45, 2.75) is 51.7 Å². The van der Waals surface area contributed by atoms with Gasteiger partial charge in [0.05, 0.1) is 6.10 Å². The van der Waals surface area contributed by atoms with Crippen molar-refractivity contribution in [2.24, 2.45) is 11.7 Å². The molecule has 1 aliphatic rings. The fraction of sp³-hybridized carbons (Fsp3) is 1.00. The van der Waals surface area contributed by atoms with Gasteiger partial charge in [-0.3, -0.25) is 0 Å². The Hall–Kier alpha value is -0.120. The van der Waals surface area contributed by atoms with Gasteiger partial charge in [0.15, 0.2) is 0 Å². The molecule has 0 aromatic rings. The van der Waals surface area contributed by atoms with Crippen molar-refractivity contribution in [1.82, 2.24) is 4.90 Å². The third-order valence-corrected chi connectivity index (χ3v) is 3.75. The van der Waals surface area contributed by atoms with E-state index in [9.17, 15) is 0 Å². The van der Waals surface area contributed by atoms with Gasteiger partial charge in [-0.1, -0.05) is 20.3 Å². The zero-order chi connectivity index (χ0) is 12.0. The number of rotatable bonds is 6. The number of methoxy groups -OCH3 is 1. The molecule has 0 aromatic heterocycles. The van der Waals surface area contributed by atoms with Gasteiger partial charge in [-0.25, -0.2) is 0 Å². The molecule has 1 aliphatic heterocycles. The zero-order valence-electron chi connectivity index (χ0n) is 11.1. The Morgan fingerprint density at radius 3 is 2.81 bits per heavy atom. The van der Waals surface area contributed by atoms with E-state index < -0.39 is 0 Å². The quantitative estimate of drug-likeness (QED) is 0.754. The molecular formula is C13H28N2O. The van der Waals surface area contributed by atoms with Gasteiger partial charge < -0.3 is 15.4 Å². The van der Waals surface area contributed by atoms with E-state index in [1.807, 2.05) is 7.11 Å². The summed E-state index contributed by atoms with van der Waals surface area (Å²) in [6, 6.07) is 0.380. The first-order valence-corrected chi connectivity index (χ1v) is 6.68. The van der Waals surface area contributed by atoms with Crippen molar-refractivity contribution in [3.8, 4) is 0 Å². The van der Waals surface area contributed by atoms with Crippen LogP contribution in [-0.4, -0.2) is 43.8 Å². The van der Waals surface area contributed by atoms with Crippen molar-refractivity contribution in [3.63, 3.8) is 0 Å². The lowest BCUT2D eigenvalue weighted by molar-refractivity contribution is -0.00559. The molecule has 0 saturated carbocycles. The SMILES string of the molecule is CCCC(N)CCN1CCC(C)C(OC)C1. The molecule has 1 fully saturated rings. The Balaban J connectivity index is 2.22. The Morgan fingerprint density at radius 1 is 1.44 bits per heavy atom. The molecule has 0 radical (unpaired) electrons. The van der Waals surface area contributed by atoms with Gasteiger partial charge in [-0.15, -0.1) is 0 Å². The number of piperidine rings is 1. The molecule has 0 amide bonds. The largest absolute Gasteiger partial charge is 0.380 e. The van der Waals surface area contributed by atoms with Gasteiger partial charge in [0.2, 0.25) is 0 Å². The molecule has 3 nitrogen and oxygen atoms in total. The van der Waals surface area contributed by atoms with Crippen molar-refractivity contribution in [1.29, 1.82) is 0 Å². The predicted molar refractivity (Wildman–Crippen MR) is 68.5 cm³/mol. The summed E-state index contributed by atoms with van der Waals surface area (Å²) in [6.45, 7) is 7.90. The highest BCUT2D eigenvalue weighted by molar-refractivity contribution is 4.79. The standard InChI is InChI=1S/C13H28N2O/c1-4-5-12(14)7-9-15-8-6-11(2)13(10-15)16-3/h11-13H,4-10,14H2,1-3H3. The monoisotopic (exact) mass is 228 g/mol. The first-order valence-electron chi connectivity index (χ1n) is 6.68. The molecule has 1 rings (SSSR count). The second-order valence-corrected chi connectivity index (χ2v) is 5.18. The molecule has 1 heterocycles. The van der Waals surface area contributed by atoms with E-state index >= 15 is 0 Å². The molecular weight excluding hydrogens is 200 g/mol. The van der Waals surface area contributed by atoms with E-state index in [-0.39, 0.29) is 0 Å². The van der Waals surface area contributed by atoms with Crippen molar-refractivity contribution in [2.75, 3.05) is 26.7 Å². The molecule has 3 unspecified atom stereocenters. The fourth-order valence-electron chi connectivity index (χ4n) is 2.47. The van der Waals surface area contributed by atoms with Gasteiger partial charge in [-0.2, -0.15) is 0 Å². The molecule has 0 aromatic carbocycles. The fourth-order valence-corrected chi connectivity index (χ4v) is 2.47. The maximum absolute atomic E-state index is 6.04. The van der Waals surface area contributed by atoms with Crippen LogP contribution in [0.5, 0.6) is 0 Å². The summed E-state index contributed by atoms with van der Waals surface area (Å²) < 4.78 is 5.52. The minimum Gasteiger partial charge on any atom is -0.380 e. The third-order valence-electron chi connectivity index (χ3n) is 3.75. The maximum Gasteiger partial charge on any atom is 0.0724 e. The summed E-state index contributed by atoms with van der Waals surface area (Å²) in [5.74, 6) is 0.700. The van der Waals surface area contributed by atoms with E-state index in [0.717, 1.165) is 25.9 Å². The molecule has 2 N–H and O–H groups in total. The summed E-state index contributed by atoms with van der Waals surface area (Å²) in [5.41, 5.74) is 6.04. The molecule has 16 heavy (non-hydrogen) atoms. The van der Waals surface area contributed by atoms with Gasteiger partial charge in [0, 0.05) is 19.7 Å². The van der Waals surface area contributed by atoms with Crippen LogP contribution in [0, 0.1) is 5.92 Å². The summed E-state index contributed by atoms with van der Waals surface area (Å²) >= 11 is 0. The number of ether oxygens (including phenoxy) is 1. The van der Waals surface area contributed by atoms with Crippen LogP contribution < -0.4 is 5.73 Å². The summed E-state index contributed by atoms with van der Waals surface area (Å²) in [7, 11) is 1.83. The van der Waals surface area contributed by atoms with Crippen LogP contribution in [0.4, 0.5) is 0 Å². The Morgan fingerprint density at radius 2 is 2.19 bits per heavy atom. The second-order valence-electron chi connectivity index (χ2n) is 5.18. The van der Waals surface area contributed by atoms with E-state index in [2.05, 4.69) is 18.7 Å². The van der Waals surface area contributed by atoms with Crippen LogP contribution in [-0.2, 0) is 4.74 Å². The highest BCUT2D eigenvalue weighted by Crippen LogP contribution is 2.19. The average molecular weight is 228 g/mol. The summed E-state index contributed by atoms with van der Waals surface area (Å²) in [5, 5.41) is 0. The van der Waals surface area contributed by atoms with Crippen LogP contribution >= 0.6 is 0 Å². The highest BCUT2D eigenvalue weighted by Gasteiger charge is 2.25. The Kier molecular flexibility index (Phi) is 6.32. The molecule has 3 heteroatoms. The lowest BCUT2D eigenvalue weighted by atomic mass is 9.95. The van der Waals surface area contributed by atoms with Crippen LogP contribution in [0.15, 0.2) is 0 Å². The van der Waals surface area contributed by atoms with Crippen molar-refractivity contribution in [3.05, 3.63) is 0 Å². The summed E-state index contributed by atoms with van der Waals surface area (Å²) in [4.78, 5) is 2.50. The molecule has 0 aliphatic carbocycles.